The van der Waals surface area contributed by atoms with E-state index in [9.17, 15) is 9.59 Å². The Morgan fingerprint density at radius 2 is 1.95 bits per heavy atom. The molecule has 1 aromatic carbocycles. The SMILES string of the molecule is O=C(/C=C/c1cccs1)NCC(=O)OCc1ccccc1. The highest BCUT2D eigenvalue weighted by atomic mass is 32.1. The number of carbonyl (C=O) groups excluding carboxylic acids is 2. The number of benzene rings is 1. The standard InChI is InChI=1S/C16H15NO3S/c18-15(9-8-14-7-4-10-21-14)17-11-16(19)20-12-13-5-2-1-3-6-13/h1-10H,11-12H2,(H,17,18)/b9-8+. The Kier molecular flexibility index (Phi) is 5.72. The number of amides is 1. The Morgan fingerprint density at radius 1 is 1.14 bits per heavy atom. The molecular formula is C16H15NO3S. The molecule has 0 spiro atoms. The third-order valence-corrected chi connectivity index (χ3v) is 3.43. The minimum atomic E-state index is -0.461. The summed E-state index contributed by atoms with van der Waals surface area (Å²) in [4.78, 5) is 24.0. The summed E-state index contributed by atoms with van der Waals surface area (Å²) in [6, 6.07) is 13.2. The molecule has 1 heterocycles. The van der Waals surface area contributed by atoms with Crippen molar-refractivity contribution in [2.45, 2.75) is 6.61 Å². The van der Waals surface area contributed by atoms with Gasteiger partial charge in [0.15, 0.2) is 0 Å². The molecule has 1 aromatic heterocycles. The highest BCUT2D eigenvalue weighted by molar-refractivity contribution is 7.10. The van der Waals surface area contributed by atoms with Crippen LogP contribution in [-0.4, -0.2) is 18.4 Å². The molecule has 0 aliphatic heterocycles. The number of thiophene rings is 1. The minimum Gasteiger partial charge on any atom is -0.460 e. The number of esters is 1. The number of rotatable bonds is 6. The first-order valence-electron chi connectivity index (χ1n) is 6.43. The lowest BCUT2D eigenvalue weighted by Crippen LogP contribution is -2.29. The molecule has 1 amide bonds. The topological polar surface area (TPSA) is 55.4 Å². The third kappa shape index (κ3) is 5.62. The highest BCUT2D eigenvalue weighted by Crippen LogP contribution is 2.09. The normalized spacial score (nSPS) is 10.5. The Morgan fingerprint density at radius 3 is 2.67 bits per heavy atom. The molecule has 0 atom stereocenters. The lowest BCUT2D eigenvalue weighted by atomic mass is 10.2. The van der Waals surface area contributed by atoms with Gasteiger partial charge in [-0.05, 0) is 23.1 Å². The predicted octanol–water partition coefficient (Wildman–Crippen LogP) is 2.62. The lowest BCUT2D eigenvalue weighted by Gasteiger charge is -2.05. The van der Waals surface area contributed by atoms with E-state index in [0.29, 0.717) is 0 Å². The van der Waals surface area contributed by atoms with Crippen LogP contribution in [0.1, 0.15) is 10.4 Å². The van der Waals surface area contributed by atoms with Gasteiger partial charge in [-0.3, -0.25) is 9.59 Å². The zero-order valence-electron chi connectivity index (χ0n) is 11.3. The quantitative estimate of drug-likeness (QED) is 0.659. The van der Waals surface area contributed by atoms with E-state index in [-0.39, 0.29) is 19.1 Å². The van der Waals surface area contributed by atoms with Gasteiger partial charge in [0, 0.05) is 11.0 Å². The minimum absolute atomic E-state index is 0.138. The third-order valence-electron chi connectivity index (χ3n) is 2.59. The maximum atomic E-state index is 11.5. The zero-order chi connectivity index (χ0) is 14.9. The van der Waals surface area contributed by atoms with Crippen molar-refractivity contribution in [3.05, 3.63) is 64.4 Å². The zero-order valence-corrected chi connectivity index (χ0v) is 12.1. The van der Waals surface area contributed by atoms with Gasteiger partial charge >= 0.3 is 5.97 Å². The molecule has 108 valence electrons. The van der Waals surface area contributed by atoms with Gasteiger partial charge in [-0.2, -0.15) is 0 Å². The van der Waals surface area contributed by atoms with Crippen LogP contribution in [0.3, 0.4) is 0 Å². The Balaban J connectivity index is 1.68. The predicted molar refractivity (Wildman–Crippen MR) is 82.6 cm³/mol. The van der Waals surface area contributed by atoms with Crippen LogP contribution in [0.5, 0.6) is 0 Å². The van der Waals surface area contributed by atoms with Gasteiger partial charge in [0.1, 0.15) is 13.2 Å². The summed E-state index contributed by atoms with van der Waals surface area (Å²) >= 11 is 1.54. The Labute approximate surface area is 127 Å². The van der Waals surface area contributed by atoms with Crippen LogP contribution < -0.4 is 5.32 Å². The van der Waals surface area contributed by atoms with Crippen LogP contribution in [0.15, 0.2) is 53.9 Å². The second-order valence-electron chi connectivity index (χ2n) is 4.21. The maximum Gasteiger partial charge on any atom is 0.325 e. The fraction of sp³-hybridized carbons (Fsp3) is 0.125. The molecule has 0 aliphatic carbocycles. The fourth-order valence-electron chi connectivity index (χ4n) is 1.55. The Bertz CT molecular complexity index is 606. The van der Waals surface area contributed by atoms with E-state index in [0.717, 1.165) is 10.4 Å². The molecule has 1 N–H and O–H groups in total. The van der Waals surface area contributed by atoms with Crippen molar-refractivity contribution in [1.29, 1.82) is 0 Å². The van der Waals surface area contributed by atoms with Crippen molar-refractivity contribution < 1.29 is 14.3 Å². The summed E-state index contributed by atoms with van der Waals surface area (Å²) in [5.41, 5.74) is 0.912. The number of hydrogen-bond donors (Lipinski definition) is 1. The molecule has 0 radical (unpaired) electrons. The van der Waals surface area contributed by atoms with E-state index < -0.39 is 5.97 Å². The average Bonchev–Trinajstić information content (AvgIpc) is 3.03. The van der Waals surface area contributed by atoms with Crippen LogP contribution in [0.4, 0.5) is 0 Å². The number of nitrogens with one attached hydrogen (secondary N) is 1. The first-order valence-corrected chi connectivity index (χ1v) is 7.31. The van der Waals surface area contributed by atoms with E-state index in [1.54, 1.807) is 6.08 Å². The van der Waals surface area contributed by atoms with Crippen molar-refractivity contribution in [3.63, 3.8) is 0 Å². The fourth-order valence-corrected chi connectivity index (χ4v) is 2.17. The summed E-state index contributed by atoms with van der Waals surface area (Å²) in [6.07, 6.45) is 3.10. The highest BCUT2D eigenvalue weighted by Gasteiger charge is 2.04. The van der Waals surface area contributed by atoms with Crippen molar-refractivity contribution in [2.24, 2.45) is 0 Å². The molecule has 2 rings (SSSR count). The largest absolute Gasteiger partial charge is 0.460 e. The monoisotopic (exact) mass is 301 g/mol. The molecule has 2 aromatic rings. The summed E-state index contributed by atoms with van der Waals surface area (Å²) in [5.74, 6) is -0.781. The van der Waals surface area contributed by atoms with Crippen LogP contribution in [0.25, 0.3) is 6.08 Å². The second-order valence-corrected chi connectivity index (χ2v) is 5.19. The summed E-state index contributed by atoms with van der Waals surface area (Å²) in [5, 5.41) is 4.41. The molecule has 0 aliphatic rings. The van der Waals surface area contributed by atoms with Crippen molar-refractivity contribution in [1.82, 2.24) is 5.32 Å². The number of carbonyl (C=O) groups is 2. The van der Waals surface area contributed by atoms with Gasteiger partial charge in [0.25, 0.3) is 0 Å². The van der Waals surface area contributed by atoms with Crippen molar-refractivity contribution in [2.75, 3.05) is 6.54 Å². The van der Waals surface area contributed by atoms with E-state index >= 15 is 0 Å². The molecule has 5 heteroatoms. The summed E-state index contributed by atoms with van der Waals surface area (Å²) in [6.45, 7) is 0.0705. The van der Waals surface area contributed by atoms with Crippen LogP contribution in [0.2, 0.25) is 0 Å². The molecule has 0 unspecified atom stereocenters. The first-order chi connectivity index (χ1) is 10.2. The maximum absolute atomic E-state index is 11.5. The van der Waals surface area contributed by atoms with Gasteiger partial charge in [-0.15, -0.1) is 11.3 Å². The molecule has 0 saturated carbocycles. The molecule has 0 fully saturated rings. The lowest BCUT2D eigenvalue weighted by molar-refractivity contribution is -0.144. The van der Waals surface area contributed by atoms with E-state index in [1.807, 2.05) is 47.8 Å². The smallest absolute Gasteiger partial charge is 0.325 e. The van der Waals surface area contributed by atoms with Crippen molar-refractivity contribution in [3.8, 4) is 0 Å². The average molecular weight is 301 g/mol. The van der Waals surface area contributed by atoms with E-state index in [4.69, 9.17) is 4.74 Å². The second kappa shape index (κ2) is 8.01. The molecule has 21 heavy (non-hydrogen) atoms. The number of hydrogen-bond acceptors (Lipinski definition) is 4. The van der Waals surface area contributed by atoms with Gasteiger partial charge in [-0.1, -0.05) is 36.4 Å². The van der Waals surface area contributed by atoms with Gasteiger partial charge in [0.2, 0.25) is 5.91 Å². The molecular weight excluding hydrogens is 286 g/mol. The van der Waals surface area contributed by atoms with E-state index in [2.05, 4.69) is 5.32 Å². The van der Waals surface area contributed by atoms with Gasteiger partial charge in [0.05, 0.1) is 0 Å². The van der Waals surface area contributed by atoms with Crippen molar-refractivity contribution >= 4 is 29.3 Å². The summed E-state index contributed by atoms with van der Waals surface area (Å²) < 4.78 is 5.05. The van der Waals surface area contributed by atoms with E-state index in [1.165, 1.54) is 17.4 Å². The van der Waals surface area contributed by atoms with Crippen LogP contribution in [-0.2, 0) is 20.9 Å². The van der Waals surface area contributed by atoms with Crippen LogP contribution in [0, 0.1) is 0 Å². The van der Waals surface area contributed by atoms with Crippen LogP contribution >= 0.6 is 11.3 Å². The van der Waals surface area contributed by atoms with Gasteiger partial charge in [-0.25, -0.2) is 0 Å². The first kappa shape index (κ1) is 15.0. The molecule has 0 saturated heterocycles. The molecule has 4 nitrogen and oxygen atoms in total. The summed E-state index contributed by atoms with van der Waals surface area (Å²) in [7, 11) is 0. The van der Waals surface area contributed by atoms with Gasteiger partial charge < -0.3 is 10.1 Å². The molecule has 0 bridgehead atoms. The number of ether oxygens (including phenoxy) is 1. The Hall–Kier alpha value is -2.40.